The van der Waals surface area contributed by atoms with Crippen LogP contribution in [-0.2, 0) is 11.2 Å². The molecule has 0 spiro atoms. The second-order valence-electron chi connectivity index (χ2n) is 7.68. The monoisotopic (exact) mass is 359 g/mol. The average Bonchev–Trinajstić information content (AvgIpc) is 3.35. The van der Waals surface area contributed by atoms with Gasteiger partial charge in [-0.3, -0.25) is 9.69 Å². The van der Waals surface area contributed by atoms with Crippen LogP contribution in [0.3, 0.4) is 0 Å². The van der Waals surface area contributed by atoms with Gasteiger partial charge in [0.25, 0.3) is 0 Å². The molecule has 2 amide bonds. The van der Waals surface area contributed by atoms with Gasteiger partial charge in [0.1, 0.15) is 0 Å². The van der Waals surface area contributed by atoms with Crippen LogP contribution in [-0.4, -0.2) is 47.2 Å². The Morgan fingerprint density at radius 3 is 2.62 bits per heavy atom. The minimum atomic E-state index is -0.772. The molecule has 0 atom stereocenters. The van der Waals surface area contributed by atoms with Crippen molar-refractivity contribution in [2.24, 2.45) is 5.92 Å². The van der Waals surface area contributed by atoms with Crippen molar-refractivity contribution in [3.63, 3.8) is 0 Å². The standard InChI is InChI=1S/C20H29N3O3/c1-3-15-8-16(7-4-13(15)2)21-20(26)22-17-9-18(10-17)23(12-19(24)25)11-14-5-6-14/h4,7-8,14,17-18H,3,5-6,9-12H2,1-2H3,(H,24,25)(H2,21,22,26). The van der Waals surface area contributed by atoms with E-state index < -0.39 is 5.97 Å². The maximum Gasteiger partial charge on any atom is 0.319 e. The van der Waals surface area contributed by atoms with Crippen LogP contribution in [0.15, 0.2) is 18.2 Å². The zero-order valence-corrected chi connectivity index (χ0v) is 15.6. The van der Waals surface area contributed by atoms with E-state index in [0.717, 1.165) is 31.5 Å². The van der Waals surface area contributed by atoms with Crippen molar-refractivity contribution in [1.82, 2.24) is 10.2 Å². The van der Waals surface area contributed by atoms with E-state index >= 15 is 0 Å². The lowest BCUT2D eigenvalue weighted by Gasteiger charge is -2.42. The molecule has 1 aromatic carbocycles. The van der Waals surface area contributed by atoms with Crippen LogP contribution in [0.2, 0.25) is 0 Å². The largest absolute Gasteiger partial charge is 0.480 e. The van der Waals surface area contributed by atoms with E-state index in [-0.39, 0.29) is 24.7 Å². The highest BCUT2D eigenvalue weighted by Gasteiger charge is 2.37. The number of urea groups is 1. The van der Waals surface area contributed by atoms with Crippen molar-refractivity contribution in [1.29, 1.82) is 0 Å². The lowest BCUT2D eigenvalue weighted by atomic mass is 9.85. The van der Waals surface area contributed by atoms with Crippen molar-refractivity contribution in [2.75, 3.05) is 18.4 Å². The normalized spacial score (nSPS) is 22.0. The summed E-state index contributed by atoms with van der Waals surface area (Å²) in [5, 5.41) is 15.0. The Hall–Kier alpha value is -2.08. The molecule has 142 valence electrons. The first-order valence-electron chi connectivity index (χ1n) is 9.57. The summed E-state index contributed by atoms with van der Waals surface area (Å²) in [6.45, 7) is 5.15. The van der Waals surface area contributed by atoms with Gasteiger partial charge in [-0.25, -0.2) is 4.79 Å². The van der Waals surface area contributed by atoms with Crippen LogP contribution in [0, 0.1) is 12.8 Å². The number of nitrogens with zero attached hydrogens (tertiary/aromatic N) is 1. The van der Waals surface area contributed by atoms with Crippen molar-refractivity contribution in [3.8, 4) is 0 Å². The second kappa shape index (κ2) is 8.08. The van der Waals surface area contributed by atoms with Crippen LogP contribution in [0.4, 0.5) is 10.5 Å². The van der Waals surface area contributed by atoms with Gasteiger partial charge in [-0.05, 0) is 68.2 Å². The second-order valence-corrected chi connectivity index (χ2v) is 7.68. The number of anilines is 1. The van der Waals surface area contributed by atoms with E-state index in [4.69, 9.17) is 5.11 Å². The first-order chi connectivity index (χ1) is 12.4. The van der Waals surface area contributed by atoms with Crippen LogP contribution in [0.25, 0.3) is 0 Å². The van der Waals surface area contributed by atoms with Gasteiger partial charge in [0.2, 0.25) is 0 Å². The molecule has 0 saturated heterocycles. The predicted octanol–water partition coefficient (Wildman–Crippen LogP) is 3.01. The van der Waals surface area contributed by atoms with Crippen molar-refractivity contribution >= 4 is 17.7 Å². The number of carbonyl (C=O) groups excluding carboxylic acids is 1. The predicted molar refractivity (Wildman–Crippen MR) is 101 cm³/mol. The maximum atomic E-state index is 12.2. The third-order valence-corrected chi connectivity index (χ3v) is 5.48. The molecule has 3 rings (SSSR count). The molecule has 2 aliphatic carbocycles. The molecule has 0 bridgehead atoms. The summed E-state index contributed by atoms with van der Waals surface area (Å²) in [4.78, 5) is 25.4. The zero-order valence-electron chi connectivity index (χ0n) is 15.6. The highest BCUT2D eigenvalue weighted by Crippen LogP contribution is 2.33. The van der Waals surface area contributed by atoms with E-state index in [2.05, 4.69) is 29.4 Å². The van der Waals surface area contributed by atoms with Gasteiger partial charge >= 0.3 is 12.0 Å². The third kappa shape index (κ3) is 4.97. The molecule has 2 aliphatic rings. The van der Waals surface area contributed by atoms with Crippen LogP contribution in [0.5, 0.6) is 0 Å². The minimum absolute atomic E-state index is 0.100. The van der Waals surface area contributed by atoms with Gasteiger partial charge in [0.15, 0.2) is 0 Å². The number of carboxylic acid groups (broad SMARTS) is 1. The third-order valence-electron chi connectivity index (χ3n) is 5.48. The summed E-state index contributed by atoms with van der Waals surface area (Å²) in [6.07, 6.45) is 5.00. The molecule has 3 N–H and O–H groups in total. The van der Waals surface area contributed by atoms with E-state index in [1.807, 2.05) is 18.2 Å². The molecule has 6 heteroatoms. The van der Waals surface area contributed by atoms with Gasteiger partial charge in [-0.2, -0.15) is 0 Å². The van der Waals surface area contributed by atoms with Crippen molar-refractivity contribution in [2.45, 2.75) is 58.0 Å². The summed E-state index contributed by atoms with van der Waals surface area (Å²) in [5.74, 6) is -0.107. The molecule has 0 aromatic heterocycles. The number of hydrogen-bond donors (Lipinski definition) is 3. The fourth-order valence-electron chi connectivity index (χ4n) is 3.64. The molecule has 0 aliphatic heterocycles. The highest BCUT2D eigenvalue weighted by molar-refractivity contribution is 5.89. The number of aryl methyl sites for hydroxylation is 2. The Kier molecular flexibility index (Phi) is 5.81. The van der Waals surface area contributed by atoms with Crippen molar-refractivity contribution in [3.05, 3.63) is 29.3 Å². The number of hydrogen-bond acceptors (Lipinski definition) is 3. The topological polar surface area (TPSA) is 81.7 Å². The Bertz CT molecular complexity index is 666. The summed E-state index contributed by atoms with van der Waals surface area (Å²) in [7, 11) is 0. The number of carboxylic acids is 1. The van der Waals surface area contributed by atoms with E-state index in [1.165, 1.54) is 24.0 Å². The molecule has 1 aromatic rings. The number of aliphatic carboxylic acids is 1. The lowest BCUT2D eigenvalue weighted by Crippen LogP contribution is -2.55. The summed E-state index contributed by atoms with van der Waals surface area (Å²) >= 11 is 0. The van der Waals surface area contributed by atoms with Crippen molar-refractivity contribution < 1.29 is 14.7 Å². The molecule has 26 heavy (non-hydrogen) atoms. The van der Waals surface area contributed by atoms with Gasteiger partial charge in [0.05, 0.1) is 6.54 Å². The average molecular weight is 359 g/mol. The first kappa shape index (κ1) is 18.7. The first-order valence-corrected chi connectivity index (χ1v) is 9.57. The zero-order chi connectivity index (χ0) is 18.7. The molecule has 0 heterocycles. The number of nitrogens with one attached hydrogen (secondary N) is 2. The minimum Gasteiger partial charge on any atom is -0.480 e. The smallest absolute Gasteiger partial charge is 0.319 e. The number of amides is 2. The molecule has 0 unspecified atom stereocenters. The lowest BCUT2D eigenvalue weighted by molar-refractivity contribution is -0.139. The molecule has 2 saturated carbocycles. The number of rotatable bonds is 8. The van der Waals surface area contributed by atoms with Gasteiger partial charge in [0, 0.05) is 24.3 Å². The molecular weight excluding hydrogens is 330 g/mol. The number of carbonyl (C=O) groups is 2. The van der Waals surface area contributed by atoms with Crippen LogP contribution in [0.1, 0.15) is 43.7 Å². The molecule has 0 radical (unpaired) electrons. The SMILES string of the molecule is CCc1cc(NC(=O)NC2CC(N(CC(=O)O)CC3CC3)C2)ccc1C. The Morgan fingerprint density at radius 1 is 1.27 bits per heavy atom. The summed E-state index contributed by atoms with van der Waals surface area (Å²) in [6, 6.07) is 6.15. The maximum absolute atomic E-state index is 12.2. The van der Waals surface area contributed by atoms with Crippen LogP contribution >= 0.6 is 0 Å². The van der Waals surface area contributed by atoms with Gasteiger partial charge in [-0.15, -0.1) is 0 Å². The Labute approximate surface area is 155 Å². The fraction of sp³-hybridized carbons (Fsp3) is 0.600. The fourth-order valence-corrected chi connectivity index (χ4v) is 3.64. The van der Waals surface area contributed by atoms with E-state index in [1.54, 1.807) is 0 Å². The van der Waals surface area contributed by atoms with E-state index in [0.29, 0.717) is 5.92 Å². The van der Waals surface area contributed by atoms with Gasteiger partial charge in [-0.1, -0.05) is 13.0 Å². The van der Waals surface area contributed by atoms with E-state index in [9.17, 15) is 9.59 Å². The quantitative estimate of drug-likeness (QED) is 0.666. The summed E-state index contributed by atoms with van der Waals surface area (Å²) in [5.41, 5.74) is 3.27. The summed E-state index contributed by atoms with van der Waals surface area (Å²) < 4.78 is 0. The number of benzene rings is 1. The Morgan fingerprint density at radius 2 is 2.00 bits per heavy atom. The van der Waals surface area contributed by atoms with Crippen LogP contribution < -0.4 is 10.6 Å². The Balaban J connectivity index is 1.45. The van der Waals surface area contributed by atoms with Gasteiger partial charge < -0.3 is 15.7 Å². The highest BCUT2D eigenvalue weighted by atomic mass is 16.4. The molecule has 2 fully saturated rings. The molecular formula is C20H29N3O3. The molecule has 6 nitrogen and oxygen atoms in total.